The van der Waals surface area contributed by atoms with Gasteiger partial charge in [0.05, 0.1) is 10.6 Å². The second kappa shape index (κ2) is 6.33. The van der Waals surface area contributed by atoms with E-state index in [0.29, 0.717) is 0 Å². The van der Waals surface area contributed by atoms with Crippen molar-refractivity contribution in [2.24, 2.45) is 0 Å². The molecule has 6 nitrogen and oxygen atoms in total. The monoisotopic (exact) mass is 284 g/mol. The average Bonchev–Trinajstić information content (AvgIpc) is 2.48. The lowest BCUT2D eigenvalue weighted by atomic mass is 10.2. The highest BCUT2D eigenvalue weighted by Gasteiger charge is 2.11. The van der Waals surface area contributed by atoms with Gasteiger partial charge in [0.1, 0.15) is 5.75 Å². The van der Waals surface area contributed by atoms with Crippen LogP contribution in [0.2, 0.25) is 0 Å². The van der Waals surface area contributed by atoms with Crippen molar-refractivity contribution in [3.8, 4) is 5.75 Å². The van der Waals surface area contributed by atoms with Gasteiger partial charge in [-0.1, -0.05) is 30.3 Å². The van der Waals surface area contributed by atoms with Gasteiger partial charge >= 0.3 is 0 Å². The second-order valence-corrected chi connectivity index (χ2v) is 4.19. The fourth-order valence-electron chi connectivity index (χ4n) is 1.65. The molecule has 2 rings (SSSR count). The van der Waals surface area contributed by atoms with Crippen molar-refractivity contribution in [1.82, 2.24) is 0 Å². The molecule has 6 heteroatoms. The lowest BCUT2D eigenvalue weighted by Crippen LogP contribution is -2.08. The predicted molar refractivity (Wildman–Crippen MR) is 78.9 cm³/mol. The van der Waals surface area contributed by atoms with Gasteiger partial charge in [0.15, 0.2) is 0 Å². The number of phenolic OH excluding ortho intramolecular Hbond substituents is 1. The number of carbonyl (C=O) groups is 1. The van der Waals surface area contributed by atoms with Gasteiger partial charge in [-0.15, -0.1) is 0 Å². The summed E-state index contributed by atoms with van der Waals surface area (Å²) < 4.78 is 0. The standard InChI is InChI=1S/C15H12N2O4/c18-14-8-7-12(17(20)21)10-13(14)16-15(19)9-6-11-4-2-1-3-5-11/h1-10,18H,(H,16,19)/b9-6+. The van der Waals surface area contributed by atoms with Crippen LogP contribution in [0.25, 0.3) is 6.08 Å². The normalized spacial score (nSPS) is 10.5. The van der Waals surface area contributed by atoms with E-state index in [2.05, 4.69) is 5.32 Å². The van der Waals surface area contributed by atoms with Crippen molar-refractivity contribution in [1.29, 1.82) is 0 Å². The molecule has 0 spiro atoms. The zero-order valence-corrected chi connectivity index (χ0v) is 10.9. The first kappa shape index (κ1) is 14.3. The number of hydrogen-bond donors (Lipinski definition) is 2. The number of phenols is 1. The third-order valence-corrected chi connectivity index (χ3v) is 2.68. The smallest absolute Gasteiger partial charge is 0.271 e. The first-order valence-electron chi connectivity index (χ1n) is 6.08. The SMILES string of the molecule is O=C(/C=C/c1ccccc1)Nc1cc([N+](=O)[O-])ccc1O. The maximum Gasteiger partial charge on any atom is 0.271 e. The average molecular weight is 284 g/mol. The van der Waals surface area contributed by atoms with E-state index in [-0.39, 0.29) is 17.1 Å². The number of anilines is 1. The van der Waals surface area contributed by atoms with E-state index in [0.717, 1.165) is 23.8 Å². The highest BCUT2D eigenvalue weighted by atomic mass is 16.6. The van der Waals surface area contributed by atoms with E-state index in [1.807, 2.05) is 30.3 Å². The number of benzene rings is 2. The number of hydrogen-bond acceptors (Lipinski definition) is 4. The van der Waals surface area contributed by atoms with E-state index in [1.54, 1.807) is 6.08 Å². The maximum absolute atomic E-state index is 11.7. The molecular weight excluding hydrogens is 272 g/mol. The van der Waals surface area contributed by atoms with Gasteiger partial charge in [0.2, 0.25) is 5.91 Å². The van der Waals surface area contributed by atoms with E-state index < -0.39 is 10.8 Å². The Morgan fingerprint density at radius 3 is 2.57 bits per heavy atom. The van der Waals surface area contributed by atoms with Gasteiger partial charge in [-0.05, 0) is 17.7 Å². The largest absolute Gasteiger partial charge is 0.506 e. The van der Waals surface area contributed by atoms with Gasteiger partial charge < -0.3 is 10.4 Å². The first-order chi connectivity index (χ1) is 10.1. The summed E-state index contributed by atoms with van der Waals surface area (Å²) in [5, 5.41) is 22.6. The van der Waals surface area contributed by atoms with Crippen LogP contribution in [0.1, 0.15) is 5.56 Å². The van der Waals surface area contributed by atoms with Crippen molar-refractivity contribution in [3.63, 3.8) is 0 Å². The lowest BCUT2D eigenvalue weighted by Gasteiger charge is -2.04. The number of nitrogens with one attached hydrogen (secondary N) is 1. The zero-order chi connectivity index (χ0) is 15.2. The Bertz CT molecular complexity index is 696. The number of carbonyl (C=O) groups excluding carboxylic acids is 1. The molecule has 2 aromatic carbocycles. The summed E-state index contributed by atoms with van der Waals surface area (Å²) in [5.74, 6) is -0.725. The second-order valence-electron chi connectivity index (χ2n) is 4.19. The molecule has 0 unspecified atom stereocenters. The fraction of sp³-hybridized carbons (Fsp3) is 0. The minimum atomic E-state index is -0.602. The molecular formula is C15H12N2O4. The van der Waals surface area contributed by atoms with Gasteiger partial charge in [0, 0.05) is 18.2 Å². The van der Waals surface area contributed by atoms with Crippen molar-refractivity contribution in [2.75, 3.05) is 5.32 Å². The highest BCUT2D eigenvalue weighted by molar-refractivity contribution is 6.02. The van der Waals surface area contributed by atoms with Crippen molar-refractivity contribution in [2.45, 2.75) is 0 Å². The van der Waals surface area contributed by atoms with E-state index >= 15 is 0 Å². The summed E-state index contributed by atoms with van der Waals surface area (Å²) in [6.07, 6.45) is 2.89. The summed E-state index contributed by atoms with van der Waals surface area (Å²) >= 11 is 0. The number of nitro groups is 1. The number of nitro benzene ring substituents is 1. The van der Waals surface area contributed by atoms with Crippen LogP contribution in [0.3, 0.4) is 0 Å². The van der Waals surface area contributed by atoms with Crippen molar-refractivity contribution < 1.29 is 14.8 Å². The van der Waals surface area contributed by atoms with Crippen LogP contribution in [0, 0.1) is 10.1 Å². The molecule has 0 atom stereocenters. The summed E-state index contributed by atoms with van der Waals surface area (Å²) in [4.78, 5) is 21.8. The molecule has 0 aliphatic carbocycles. The molecule has 1 amide bonds. The third-order valence-electron chi connectivity index (χ3n) is 2.68. The number of non-ortho nitro benzene ring substituents is 1. The Morgan fingerprint density at radius 2 is 1.90 bits per heavy atom. The van der Waals surface area contributed by atoms with Crippen LogP contribution in [0.15, 0.2) is 54.6 Å². The maximum atomic E-state index is 11.7. The molecule has 0 bridgehead atoms. The Hall–Kier alpha value is -3.15. The molecule has 0 aliphatic rings. The summed E-state index contributed by atoms with van der Waals surface area (Å²) in [6, 6.07) is 12.6. The zero-order valence-electron chi connectivity index (χ0n) is 10.9. The van der Waals surface area contributed by atoms with Crippen LogP contribution in [0.5, 0.6) is 5.75 Å². The Labute approximate surface area is 120 Å². The molecule has 0 saturated heterocycles. The summed E-state index contributed by atoms with van der Waals surface area (Å²) in [5.41, 5.74) is 0.623. The number of nitrogens with zero attached hydrogens (tertiary/aromatic N) is 1. The van der Waals surface area contributed by atoms with Gasteiger partial charge in [-0.25, -0.2) is 0 Å². The molecule has 0 heterocycles. The van der Waals surface area contributed by atoms with Gasteiger partial charge in [0.25, 0.3) is 5.69 Å². The van der Waals surface area contributed by atoms with Crippen LogP contribution < -0.4 is 5.32 Å². The summed E-state index contributed by atoms with van der Waals surface area (Å²) in [7, 11) is 0. The first-order valence-corrected chi connectivity index (χ1v) is 6.08. The minimum absolute atomic E-state index is 0.00749. The van der Waals surface area contributed by atoms with Gasteiger partial charge in [-0.3, -0.25) is 14.9 Å². The Morgan fingerprint density at radius 1 is 1.19 bits per heavy atom. The molecule has 106 valence electrons. The van der Waals surface area contributed by atoms with E-state index in [9.17, 15) is 20.0 Å². The predicted octanol–water partition coefficient (Wildman–Crippen LogP) is 2.95. The van der Waals surface area contributed by atoms with Gasteiger partial charge in [-0.2, -0.15) is 0 Å². The quantitative estimate of drug-likeness (QED) is 0.390. The van der Waals surface area contributed by atoms with Crippen LogP contribution in [-0.2, 0) is 4.79 Å². The highest BCUT2D eigenvalue weighted by Crippen LogP contribution is 2.27. The fourth-order valence-corrected chi connectivity index (χ4v) is 1.65. The minimum Gasteiger partial charge on any atom is -0.506 e. The molecule has 0 aliphatic heterocycles. The van der Waals surface area contributed by atoms with E-state index in [4.69, 9.17) is 0 Å². The number of aromatic hydroxyl groups is 1. The van der Waals surface area contributed by atoms with Crippen molar-refractivity contribution >= 4 is 23.4 Å². The molecule has 2 aromatic rings. The van der Waals surface area contributed by atoms with E-state index in [1.165, 1.54) is 6.08 Å². The number of amides is 1. The molecule has 0 fully saturated rings. The Balaban J connectivity index is 2.11. The lowest BCUT2D eigenvalue weighted by molar-refractivity contribution is -0.384. The topological polar surface area (TPSA) is 92.5 Å². The van der Waals surface area contributed by atoms with Crippen LogP contribution in [-0.4, -0.2) is 15.9 Å². The molecule has 21 heavy (non-hydrogen) atoms. The molecule has 0 saturated carbocycles. The van der Waals surface area contributed by atoms with Crippen LogP contribution in [0.4, 0.5) is 11.4 Å². The molecule has 0 aromatic heterocycles. The molecule has 0 radical (unpaired) electrons. The number of rotatable bonds is 4. The summed E-state index contributed by atoms with van der Waals surface area (Å²) in [6.45, 7) is 0. The molecule has 2 N–H and O–H groups in total. The Kier molecular flexibility index (Phi) is 4.30. The third kappa shape index (κ3) is 3.90. The van der Waals surface area contributed by atoms with Crippen molar-refractivity contribution in [3.05, 3.63) is 70.3 Å². The van der Waals surface area contributed by atoms with Crippen LogP contribution >= 0.6 is 0 Å².